The molecule has 1 saturated heterocycles. The van der Waals surface area contributed by atoms with Crippen molar-refractivity contribution >= 4 is 21.6 Å². The monoisotopic (exact) mass is 366 g/mol. The van der Waals surface area contributed by atoms with Gasteiger partial charge in [0, 0.05) is 24.3 Å². The number of carbonyl (C=O) groups excluding carboxylic acids is 1. The summed E-state index contributed by atoms with van der Waals surface area (Å²) in [5.74, 6) is -2.46. The Kier molecular flexibility index (Phi) is 4.71. The van der Waals surface area contributed by atoms with E-state index in [0.29, 0.717) is 18.7 Å². The zero-order valence-electron chi connectivity index (χ0n) is 13.2. The number of nitrogens with zero attached hydrogens (tertiary/aromatic N) is 1. The van der Waals surface area contributed by atoms with Gasteiger partial charge < -0.3 is 4.90 Å². The highest BCUT2D eigenvalue weighted by atomic mass is 32.2. The second kappa shape index (κ2) is 6.79. The molecular formula is C17H16F2N2O3S. The van der Waals surface area contributed by atoms with Crippen molar-refractivity contribution in [3.8, 4) is 0 Å². The molecular weight excluding hydrogens is 350 g/mol. The van der Waals surface area contributed by atoms with Gasteiger partial charge in [0.05, 0.1) is 0 Å². The van der Waals surface area contributed by atoms with E-state index in [1.807, 2.05) is 0 Å². The molecule has 25 heavy (non-hydrogen) atoms. The first-order valence-electron chi connectivity index (χ1n) is 7.75. The molecule has 0 aliphatic carbocycles. The number of benzene rings is 2. The van der Waals surface area contributed by atoms with Crippen molar-refractivity contribution in [2.75, 3.05) is 17.8 Å². The maximum atomic E-state index is 13.7. The van der Waals surface area contributed by atoms with Crippen LogP contribution in [0.15, 0.2) is 47.4 Å². The molecule has 8 heteroatoms. The molecule has 5 nitrogen and oxygen atoms in total. The lowest BCUT2D eigenvalue weighted by Crippen LogP contribution is -2.27. The predicted octanol–water partition coefficient (Wildman–Crippen LogP) is 3.00. The van der Waals surface area contributed by atoms with E-state index in [1.54, 1.807) is 4.90 Å². The van der Waals surface area contributed by atoms with Crippen molar-refractivity contribution in [2.45, 2.75) is 17.7 Å². The first-order chi connectivity index (χ1) is 11.9. The molecule has 0 atom stereocenters. The number of sulfonamides is 1. The molecule has 132 valence electrons. The number of carbonyl (C=O) groups is 1. The summed E-state index contributed by atoms with van der Waals surface area (Å²) in [7, 11) is -4.42. The van der Waals surface area contributed by atoms with E-state index in [9.17, 15) is 22.0 Å². The molecule has 1 fully saturated rings. The van der Waals surface area contributed by atoms with Crippen molar-refractivity contribution < 1.29 is 22.0 Å². The fraction of sp³-hybridized carbons (Fsp3) is 0.235. The Morgan fingerprint density at radius 2 is 1.52 bits per heavy atom. The Balaban J connectivity index is 1.80. The van der Waals surface area contributed by atoms with Gasteiger partial charge in [0.1, 0.15) is 11.6 Å². The fourth-order valence-electron chi connectivity index (χ4n) is 2.73. The Bertz CT molecular complexity index is 872. The van der Waals surface area contributed by atoms with Gasteiger partial charge in [0.25, 0.3) is 15.9 Å². The lowest BCUT2D eigenvalue weighted by molar-refractivity contribution is 0.0793. The summed E-state index contributed by atoms with van der Waals surface area (Å²) in [4.78, 5) is 12.9. The number of likely N-dealkylation sites (tertiary alicyclic amines) is 1. The minimum Gasteiger partial charge on any atom is -0.339 e. The zero-order chi connectivity index (χ0) is 18.0. The third-order valence-electron chi connectivity index (χ3n) is 3.97. The van der Waals surface area contributed by atoms with Gasteiger partial charge >= 0.3 is 0 Å². The smallest absolute Gasteiger partial charge is 0.267 e. The normalized spacial score (nSPS) is 14.6. The van der Waals surface area contributed by atoms with Crippen LogP contribution in [0.4, 0.5) is 14.5 Å². The maximum Gasteiger partial charge on any atom is 0.267 e. The third-order valence-corrected chi connectivity index (χ3v) is 5.40. The largest absolute Gasteiger partial charge is 0.339 e. The molecule has 0 radical (unpaired) electrons. The van der Waals surface area contributed by atoms with E-state index in [-0.39, 0.29) is 11.6 Å². The van der Waals surface area contributed by atoms with E-state index >= 15 is 0 Å². The molecule has 0 aromatic heterocycles. The van der Waals surface area contributed by atoms with Crippen LogP contribution >= 0.6 is 0 Å². The van der Waals surface area contributed by atoms with Crippen molar-refractivity contribution in [1.82, 2.24) is 4.90 Å². The summed E-state index contributed by atoms with van der Waals surface area (Å²) in [6.45, 7) is 1.42. The standard InChI is InChI=1S/C17H16F2N2O3S/c18-14-4-3-5-15(19)16(14)25(23,24)20-13-8-6-12(7-9-13)17(22)21-10-1-2-11-21/h3-9,20H,1-2,10-11H2. The molecule has 2 aromatic carbocycles. The molecule has 1 aliphatic heterocycles. The average Bonchev–Trinajstić information content (AvgIpc) is 3.08. The quantitative estimate of drug-likeness (QED) is 0.905. The highest BCUT2D eigenvalue weighted by Crippen LogP contribution is 2.22. The third kappa shape index (κ3) is 3.63. The summed E-state index contributed by atoms with van der Waals surface area (Å²) >= 11 is 0. The molecule has 2 aromatic rings. The maximum absolute atomic E-state index is 13.7. The van der Waals surface area contributed by atoms with Gasteiger partial charge in [-0.1, -0.05) is 6.07 Å². The van der Waals surface area contributed by atoms with Crippen LogP contribution in [-0.2, 0) is 10.0 Å². The van der Waals surface area contributed by atoms with Crippen LogP contribution in [0.2, 0.25) is 0 Å². The molecule has 1 N–H and O–H groups in total. The molecule has 0 bridgehead atoms. The molecule has 0 saturated carbocycles. The lowest BCUT2D eigenvalue weighted by atomic mass is 10.2. The first kappa shape index (κ1) is 17.3. The molecule has 1 aliphatic rings. The second-order valence-corrected chi connectivity index (χ2v) is 7.35. The highest BCUT2D eigenvalue weighted by molar-refractivity contribution is 7.92. The van der Waals surface area contributed by atoms with Crippen LogP contribution in [0.1, 0.15) is 23.2 Å². The summed E-state index contributed by atoms with van der Waals surface area (Å²) in [6, 6.07) is 8.57. The predicted molar refractivity (Wildman–Crippen MR) is 88.7 cm³/mol. The number of hydrogen-bond donors (Lipinski definition) is 1. The van der Waals surface area contributed by atoms with E-state index in [2.05, 4.69) is 4.72 Å². The van der Waals surface area contributed by atoms with Gasteiger partial charge in [-0.3, -0.25) is 9.52 Å². The van der Waals surface area contributed by atoms with Crippen LogP contribution in [-0.4, -0.2) is 32.3 Å². The molecule has 0 unspecified atom stereocenters. The minimum absolute atomic E-state index is 0.112. The SMILES string of the molecule is O=C(c1ccc(NS(=O)(=O)c2c(F)cccc2F)cc1)N1CCCC1. The number of hydrogen-bond acceptors (Lipinski definition) is 3. The Hall–Kier alpha value is -2.48. The molecule has 3 rings (SSSR count). The summed E-state index contributed by atoms with van der Waals surface area (Å²) in [5, 5.41) is 0. The number of amides is 1. The first-order valence-corrected chi connectivity index (χ1v) is 9.23. The van der Waals surface area contributed by atoms with E-state index in [1.165, 1.54) is 24.3 Å². The van der Waals surface area contributed by atoms with E-state index in [0.717, 1.165) is 31.0 Å². The van der Waals surface area contributed by atoms with Gasteiger partial charge in [-0.25, -0.2) is 17.2 Å². The molecule has 1 amide bonds. The highest BCUT2D eigenvalue weighted by Gasteiger charge is 2.24. The van der Waals surface area contributed by atoms with Gasteiger partial charge in [-0.05, 0) is 49.2 Å². The minimum atomic E-state index is -4.42. The molecule has 0 spiro atoms. The molecule has 1 heterocycles. The Morgan fingerprint density at radius 3 is 2.08 bits per heavy atom. The van der Waals surface area contributed by atoms with Crippen molar-refractivity contribution in [3.63, 3.8) is 0 Å². The average molecular weight is 366 g/mol. The van der Waals surface area contributed by atoms with Crippen LogP contribution in [0, 0.1) is 11.6 Å². The number of rotatable bonds is 4. The lowest BCUT2D eigenvalue weighted by Gasteiger charge is -2.15. The van der Waals surface area contributed by atoms with Gasteiger partial charge in [0.15, 0.2) is 4.90 Å². The number of anilines is 1. The topological polar surface area (TPSA) is 66.5 Å². The van der Waals surface area contributed by atoms with Gasteiger partial charge in [-0.2, -0.15) is 0 Å². The Morgan fingerprint density at radius 1 is 0.960 bits per heavy atom. The van der Waals surface area contributed by atoms with Crippen LogP contribution in [0.3, 0.4) is 0 Å². The number of halogens is 2. The van der Waals surface area contributed by atoms with Crippen molar-refractivity contribution in [3.05, 3.63) is 59.7 Å². The van der Waals surface area contributed by atoms with E-state index in [4.69, 9.17) is 0 Å². The van der Waals surface area contributed by atoms with Crippen LogP contribution < -0.4 is 4.72 Å². The summed E-state index contributed by atoms with van der Waals surface area (Å²) in [6.07, 6.45) is 1.94. The van der Waals surface area contributed by atoms with Crippen molar-refractivity contribution in [2.24, 2.45) is 0 Å². The summed E-state index contributed by atoms with van der Waals surface area (Å²) < 4.78 is 53.9. The Labute approximate surface area is 144 Å². The van der Waals surface area contributed by atoms with Crippen molar-refractivity contribution in [1.29, 1.82) is 0 Å². The fourth-order valence-corrected chi connectivity index (χ4v) is 3.93. The zero-order valence-corrected chi connectivity index (χ0v) is 14.0. The summed E-state index contributed by atoms with van der Waals surface area (Å²) in [5.41, 5.74) is 0.544. The second-order valence-electron chi connectivity index (χ2n) is 5.73. The van der Waals surface area contributed by atoms with Gasteiger partial charge in [-0.15, -0.1) is 0 Å². The van der Waals surface area contributed by atoms with Gasteiger partial charge in [0.2, 0.25) is 0 Å². The number of nitrogens with one attached hydrogen (secondary N) is 1. The van der Waals surface area contributed by atoms with Crippen LogP contribution in [0.25, 0.3) is 0 Å². The van der Waals surface area contributed by atoms with Crippen LogP contribution in [0.5, 0.6) is 0 Å². The van der Waals surface area contributed by atoms with E-state index < -0.39 is 26.6 Å².